The molecule has 2 atom stereocenters. The van der Waals surface area contributed by atoms with Crippen molar-refractivity contribution in [2.45, 2.75) is 45.3 Å². The van der Waals surface area contributed by atoms with Crippen LogP contribution in [0.4, 0.5) is 0 Å². The monoisotopic (exact) mass is 330 g/mol. The summed E-state index contributed by atoms with van der Waals surface area (Å²) in [6.45, 7) is 4.71. The van der Waals surface area contributed by atoms with Gasteiger partial charge >= 0.3 is 0 Å². The van der Waals surface area contributed by atoms with Crippen LogP contribution in [0.2, 0.25) is 0 Å². The third-order valence-corrected chi connectivity index (χ3v) is 5.28. The lowest BCUT2D eigenvalue weighted by Gasteiger charge is -2.19. The third kappa shape index (κ3) is 3.98. The predicted molar refractivity (Wildman–Crippen MR) is 92.0 cm³/mol. The lowest BCUT2D eigenvalue weighted by molar-refractivity contribution is 0.0714. The molecule has 0 bridgehead atoms. The number of carbonyl (C=O) groups excluding carboxylic acids is 1. The highest BCUT2D eigenvalue weighted by Gasteiger charge is 2.25. The molecule has 0 unspecified atom stereocenters. The van der Waals surface area contributed by atoms with Gasteiger partial charge in [-0.1, -0.05) is 30.3 Å². The summed E-state index contributed by atoms with van der Waals surface area (Å²) in [5.74, 6) is -0.0395. The van der Waals surface area contributed by atoms with Crippen LogP contribution in [0.5, 0.6) is 0 Å². The Kier molecular flexibility index (Phi) is 5.08. The number of carbonyl (C=O) groups is 1. The van der Waals surface area contributed by atoms with E-state index in [2.05, 4.69) is 22.4 Å². The van der Waals surface area contributed by atoms with Crippen molar-refractivity contribution in [3.05, 3.63) is 51.5 Å². The number of nitrogens with zero attached hydrogens (tertiary/aromatic N) is 1. The second-order valence-corrected chi connectivity index (χ2v) is 7.08. The molecule has 2 aromatic rings. The van der Waals surface area contributed by atoms with Crippen molar-refractivity contribution < 1.29 is 9.53 Å². The summed E-state index contributed by atoms with van der Waals surface area (Å²) in [5.41, 5.74) is 2.01. The Hall–Kier alpha value is -1.72. The normalized spacial score (nSPS) is 18.8. The zero-order valence-electron chi connectivity index (χ0n) is 13.5. The zero-order valence-corrected chi connectivity index (χ0v) is 14.4. The van der Waals surface area contributed by atoms with Gasteiger partial charge in [0.25, 0.3) is 5.91 Å². The Balaban J connectivity index is 1.66. The maximum atomic E-state index is 12.5. The fourth-order valence-corrected chi connectivity index (χ4v) is 3.87. The van der Waals surface area contributed by atoms with Crippen LogP contribution in [0.3, 0.4) is 0 Å². The highest BCUT2D eigenvalue weighted by Crippen LogP contribution is 2.22. The fraction of sp³-hybridized carbons (Fsp3) is 0.444. The van der Waals surface area contributed by atoms with Crippen LogP contribution in [0, 0.1) is 6.92 Å². The topological polar surface area (TPSA) is 51.2 Å². The number of benzene rings is 1. The molecule has 0 radical (unpaired) electrons. The van der Waals surface area contributed by atoms with Gasteiger partial charge in [-0.3, -0.25) is 4.79 Å². The van der Waals surface area contributed by atoms with E-state index in [9.17, 15) is 4.79 Å². The molecule has 4 nitrogen and oxygen atoms in total. The highest BCUT2D eigenvalue weighted by atomic mass is 32.1. The van der Waals surface area contributed by atoms with Crippen LogP contribution < -0.4 is 5.32 Å². The summed E-state index contributed by atoms with van der Waals surface area (Å²) in [6.07, 6.45) is 2.99. The maximum Gasteiger partial charge on any atom is 0.263 e. The molecule has 2 heterocycles. The summed E-state index contributed by atoms with van der Waals surface area (Å²) < 4.78 is 5.64. The number of ether oxygens (including phenoxy) is 1. The number of rotatable bonds is 5. The van der Waals surface area contributed by atoms with Crippen molar-refractivity contribution in [2.75, 3.05) is 6.61 Å². The van der Waals surface area contributed by atoms with E-state index in [-0.39, 0.29) is 18.1 Å². The Morgan fingerprint density at radius 1 is 1.43 bits per heavy atom. The zero-order chi connectivity index (χ0) is 16.2. The maximum absolute atomic E-state index is 12.5. The van der Waals surface area contributed by atoms with Crippen molar-refractivity contribution >= 4 is 17.2 Å². The molecule has 0 spiro atoms. The van der Waals surface area contributed by atoms with Crippen LogP contribution in [-0.4, -0.2) is 29.6 Å². The van der Waals surface area contributed by atoms with E-state index in [0.29, 0.717) is 4.88 Å². The van der Waals surface area contributed by atoms with E-state index in [1.165, 1.54) is 16.9 Å². The van der Waals surface area contributed by atoms with Crippen LogP contribution in [-0.2, 0) is 11.2 Å². The van der Waals surface area contributed by atoms with E-state index in [1.54, 1.807) is 0 Å². The second-order valence-electron chi connectivity index (χ2n) is 6.00. The van der Waals surface area contributed by atoms with Gasteiger partial charge in [-0.2, -0.15) is 0 Å². The average molecular weight is 330 g/mol. The quantitative estimate of drug-likeness (QED) is 0.915. The molecule has 1 amide bonds. The van der Waals surface area contributed by atoms with Gasteiger partial charge in [0.2, 0.25) is 0 Å². The van der Waals surface area contributed by atoms with Crippen LogP contribution in [0.1, 0.15) is 45.7 Å². The van der Waals surface area contributed by atoms with Gasteiger partial charge in [-0.05, 0) is 32.3 Å². The Bertz CT molecular complexity index is 663. The van der Waals surface area contributed by atoms with Gasteiger partial charge in [-0.25, -0.2) is 4.98 Å². The minimum absolute atomic E-state index is 0.0315. The van der Waals surface area contributed by atoms with Crippen molar-refractivity contribution in [1.82, 2.24) is 10.3 Å². The predicted octanol–water partition coefficient (Wildman–Crippen LogP) is 3.34. The second kappa shape index (κ2) is 7.23. The summed E-state index contributed by atoms with van der Waals surface area (Å²) >= 11 is 1.48. The van der Waals surface area contributed by atoms with Crippen LogP contribution in [0.25, 0.3) is 0 Å². The van der Waals surface area contributed by atoms with E-state index in [4.69, 9.17) is 4.74 Å². The lowest BCUT2D eigenvalue weighted by Crippen LogP contribution is -2.40. The van der Waals surface area contributed by atoms with Crippen molar-refractivity contribution in [2.24, 2.45) is 0 Å². The lowest BCUT2D eigenvalue weighted by atomic mass is 10.1. The van der Waals surface area contributed by atoms with Crippen molar-refractivity contribution in [1.29, 1.82) is 0 Å². The molecule has 1 aliphatic rings. The minimum Gasteiger partial charge on any atom is -0.376 e. The number of thiazole rings is 1. The number of hydrogen-bond acceptors (Lipinski definition) is 4. The Labute approximate surface area is 140 Å². The largest absolute Gasteiger partial charge is 0.376 e. The van der Waals surface area contributed by atoms with Gasteiger partial charge in [-0.15, -0.1) is 11.3 Å². The molecule has 0 aliphatic carbocycles. The molecular formula is C18H22N2O2S. The molecule has 1 aromatic carbocycles. The number of amides is 1. The average Bonchev–Trinajstić information content (AvgIpc) is 3.18. The van der Waals surface area contributed by atoms with Gasteiger partial charge in [0.1, 0.15) is 4.88 Å². The first kappa shape index (κ1) is 16.1. The van der Waals surface area contributed by atoms with E-state index in [0.717, 1.165) is 36.6 Å². The first-order valence-corrected chi connectivity index (χ1v) is 8.88. The molecule has 1 fully saturated rings. The minimum atomic E-state index is -0.0395. The highest BCUT2D eigenvalue weighted by molar-refractivity contribution is 7.13. The molecule has 23 heavy (non-hydrogen) atoms. The first-order chi connectivity index (χ1) is 11.1. The Morgan fingerprint density at radius 2 is 2.22 bits per heavy atom. The first-order valence-electron chi connectivity index (χ1n) is 8.06. The smallest absolute Gasteiger partial charge is 0.263 e. The molecule has 0 saturated carbocycles. The summed E-state index contributed by atoms with van der Waals surface area (Å²) in [5, 5.41) is 4.04. The molecule has 5 heteroatoms. The summed E-state index contributed by atoms with van der Waals surface area (Å²) in [7, 11) is 0. The standard InChI is InChI=1S/C18H22N2O2S/c1-12(15-9-6-10-22-15)20-18(21)17-13(2)19-16(23-17)11-14-7-4-3-5-8-14/h3-5,7-8,12,15H,6,9-11H2,1-2H3,(H,20,21)/t12-,15-/m0/s1. The number of aryl methyl sites for hydroxylation is 1. The van der Waals surface area contributed by atoms with E-state index in [1.807, 2.05) is 32.0 Å². The van der Waals surface area contributed by atoms with Crippen molar-refractivity contribution in [3.8, 4) is 0 Å². The molecule has 122 valence electrons. The van der Waals surface area contributed by atoms with Crippen LogP contribution in [0.15, 0.2) is 30.3 Å². The molecule has 3 rings (SSSR count). The third-order valence-electron chi connectivity index (χ3n) is 4.13. The van der Waals surface area contributed by atoms with E-state index >= 15 is 0 Å². The van der Waals surface area contributed by atoms with E-state index < -0.39 is 0 Å². The molecule has 1 aliphatic heterocycles. The van der Waals surface area contributed by atoms with Crippen molar-refractivity contribution in [3.63, 3.8) is 0 Å². The van der Waals surface area contributed by atoms with Gasteiger partial charge in [0, 0.05) is 13.0 Å². The summed E-state index contributed by atoms with van der Waals surface area (Å²) in [6, 6.07) is 10.2. The summed E-state index contributed by atoms with van der Waals surface area (Å²) in [4.78, 5) is 17.8. The SMILES string of the molecule is Cc1nc(Cc2ccccc2)sc1C(=O)N[C@@H](C)[C@@H]1CCCO1. The molecule has 1 N–H and O–H groups in total. The van der Waals surface area contributed by atoms with Crippen LogP contribution >= 0.6 is 11.3 Å². The van der Waals surface area contributed by atoms with Gasteiger partial charge < -0.3 is 10.1 Å². The molecule has 1 aromatic heterocycles. The van der Waals surface area contributed by atoms with Gasteiger partial charge in [0.15, 0.2) is 0 Å². The number of hydrogen-bond donors (Lipinski definition) is 1. The molecule has 1 saturated heterocycles. The number of nitrogens with one attached hydrogen (secondary N) is 1. The Morgan fingerprint density at radius 3 is 2.91 bits per heavy atom. The number of aromatic nitrogens is 1. The molecular weight excluding hydrogens is 308 g/mol. The fourth-order valence-electron chi connectivity index (χ4n) is 2.87. The van der Waals surface area contributed by atoms with Gasteiger partial charge in [0.05, 0.1) is 22.8 Å².